The largest absolute Gasteiger partial charge is 0.493 e. The number of thioether (sulfide) groups is 1. The maximum Gasteiger partial charge on any atom is 0.233 e. The lowest BCUT2D eigenvalue weighted by atomic mass is 10.1. The number of hydrogen-bond acceptors (Lipinski definition) is 5. The molecule has 0 spiro atoms. The van der Waals surface area contributed by atoms with Crippen molar-refractivity contribution in [3.8, 4) is 28.4 Å². The molecule has 0 bridgehead atoms. The van der Waals surface area contributed by atoms with Gasteiger partial charge in [0.25, 0.3) is 0 Å². The minimum atomic E-state index is -0.0736. The second-order valence-electron chi connectivity index (χ2n) is 7.89. The van der Waals surface area contributed by atoms with Crippen molar-refractivity contribution < 1.29 is 14.3 Å². The highest BCUT2D eigenvalue weighted by Crippen LogP contribution is 2.44. The Bertz CT molecular complexity index is 1070. The van der Waals surface area contributed by atoms with Crippen LogP contribution in [0.2, 0.25) is 0 Å². The number of aromatic nitrogens is 2. The Morgan fingerprint density at radius 1 is 1.10 bits per heavy atom. The monoisotopic (exact) mass is 437 g/mol. The average molecular weight is 438 g/mol. The molecule has 0 unspecified atom stereocenters. The van der Waals surface area contributed by atoms with Crippen molar-refractivity contribution in [1.82, 2.24) is 14.7 Å². The van der Waals surface area contributed by atoms with Crippen molar-refractivity contribution in [1.29, 1.82) is 0 Å². The predicted octanol–water partition coefficient (Wildman–Crippen LogP) is 4.79. The highest BCUT2D eigenvalue weighted by Gasteiger charge is 2.36. The lowest BCUT2D eigenvalue weighted by molar-refractivity contribution is -0.128. The Balaban J connectivity index is 1.84. The molecule has 0 radical (unpaired) electrons. The number of ether oxygens (including phenoxy) is 2. The van der Waals surface area contributed by atoms with Gasteiger partial charge in [0.15, 0.2) is 11.5 Å². The molecule has 1 saturated heterocycles. The maximum atomic E-state index is 12.6. The van der Waals surface area contributed by atoms with E-state index in [4.69, 9.17) is 14.6 Å². The van der Waals surface area contributed by atoms with Crippen LogP contribution in [0.5, 0.6) is 11.5 Å². The summed E-state index contributed by atoms with van der Waals surface area (Å²) < 4.78 is 12.8. The molecule has 6 nitrogen and oxygen atoms in total. The van der Waals surface area contributed by atoms with Gasteiger partial charge in [-0.05, 0) is 36.2 Å². The summed E-state index contributed by atoms with van der Waals surface area (Å²) >= 11 is 1.66. The Morgan fingerprint density at radius 3 is 2.52 bits per heavy atom. The fourth-order valence-electron chi connectivity index (χ4n) is 3.79. The van der Waals surface area contributed by atoms with Gasteiger partial charge in [-0.2, -0.15) is 5.10 Å². The third-order valence-electron chi connectivity index (χ3n) is 5.22. The Hall–Kier alpha value is -2.93. The molecule has 3 aromatic rings. The van der Waals surface area contributed by atoms with Crippen LogP contribution in [0.15, 0.2) is 54.7 Å². The van der Waals surface area contributed by atoms with E-state index in [9.17, 15) is 4.79 Å². The van der Waals surface area contributed by atoms with Gasteiger partial charge in [-0.3, -0.25) is 4.79 Å². The summed E-state index contributed by atoms with van der Waals surface area (Å²) in [6.07, 6.45) is 2.05. The molecule has 1 aliphatic rings. The molecule has 1 fully saturated rings. The predicted molar refractivity (Wildman–Crippen MR) is 124 cm³/mol. The van der Waals surface area contributed by atoms with Crippen molar-refractivity contribution >= 4 is 17.7 Å². The van der Waals surface area contributed by atoms with E-state index in [2.05, 4.69) is 13.8 Å². The maximum absolute atomic E-state index is 12.6. The lowest BCUT2D eigenvalue weighted by Crippen LogP contribution is -2.31. The van der Waals surface area contributed by atoms with Crippen LogP contribution in [0.25, 0.3) is 16.9 Å². The summed E-state index contributed by atoms with van der Waals surface area (Å²) in [5.74, 6) is 2.36. The fraction of sp³-hybridized carbons (Fsp3) is 0.333. The summed E-state index contributed by atoms with van der Waals surface area (Å²) in [5.41, 5.74) is 3.75. The fourth-order valence-corrected chi connectivity index (χ4v) is 4.99. The van der Waals surface area contributed by atoms with Crippen molar-refractivity contribution in [2.75, 3.05) is 26.5 Å². The average Bonchev–Trinajstić information content (AvgIpc) is 3.37. The summed E-state index contributed by atoms with van der Waals surface area (Å²) in [5, 5.41) is 4.86. The van der Waals surface area contributed by atoms with Gasteiger partial charge in [0.05, 0.1) is 31.4 Å². The van der Waals surface area contributed by atoms with Gasteiger partial charge in [-0.25, -0.2) is 4.68 Å². The van der Waals surface area contributed by atoms with E-state index >= 15 is 0 Å². The van der Waals surface area contributed by atoms with Crippen LogP contribution >= 0.6 is 11.8 Å². The van der Waals surface area contributed by atoms with Crippen LogP contribution in [0.4, 0.5) is 0 Å². The second kappa shape index (κ2) is 9.06. The van der Waals surface area contributed by atoms with Crippen LogP contribution in [-0.4, -0.2) is 47.1 Å². The molecule has 0 aliphatic carbocycles. The Labute approximate surface area is 187 Å². The van der Waals surface area contributed by atoms with Crippen LogP contribution in [0.3, 0.4) is 0 Å². The number of amides is 1. The van der Waals surface area contributed by atoms with E-state index in [1.807, 2.05) is 64.3 Å². The van der Waals surface area contributed by atoms with Gasteiger partial charge in [-0.15, -0.1) is 11.8 Å². The highest BCUT2D eigenvalue weighted by atomic mass is 32.2. The van der Waals surface area contributed by atoms with E-state index in [-0.39, 0.29) is 11.3 Å². The van der Waals surface area contributed by atoms with E-state index < -0.39 is 0 Å². The van der Waals surface area contributed by atoms with Gasteiger partial charge >= 0.3 is 0 Å². The van der Waals surface area contributed by atoms with E-state index in [1.54, 1.807) is 26.0 Å². The first-order valence-electron chi connectivity index (χ1n) is 10.3. The molecule has 2 heterocycles. The van der Waals surface area contributed by atoms with Crippen molar-refractivity contribution in [3.05, 3.63) is 60.3 Å². The third-order valence-corrected chi connectivity index (χ3v) is 6.45. The minimum Gasteiger partial charge on any atom is -0.493 e. The van der Waals surface area contributed by atoms with Gasteiger partial charge < -0.3 is 14.4 Å². The van der Waals surface area contributed by atoms with Gasteiger partial charge in [-0.1, -0.05) is 32.0 Å². The summed E-state index contributed by atoms with van der Waals surface area (Å²) in [6.45, 7) is 4.99. The number of hydrogen-bond donors (Lipinski definition) is 0. The van der Waals surface area contributed by atoms with Crippen LogP contribution in [-0.2, 0) is 4.79 Å². The number of methoxy groups -OCH3 is 2. The molecule has 162 valence electrons. The number of rotatable bonds is 7. The quantitative estimate of drug-likeness (QED) is 0.532. The third kappa shape index (κ3) is 4.28. The number of carbonyl (C=O) groups is 1. The molecular weight excluding hydrogens is 410 g/mol. The smallest absolute Gasteiger partial charge is 0.233 e. The SMILES string of the molecule is COc1ccc(-c2nn(-c3ccccc3)cc2[C@@H]2SCC(=O)N2CC(C)C)cc1OC. The van der Waals surface area contributed by atoms with E-state index in [0.29, 0.717) is 23.2 Å². The zero-order chi connectivity index (χ0) is 22.0. The normalized spacial score (nSPS) is 16.2. The van der Waals surface area contributed by atoms with Gasteiger partial charge in [0.2, 0.25) is 5.91 Å². The first-order chi connectivity index (χ1) is 15.0. The van der Waals surface area contributed by atoms with Crippen molar-refractivity contribution in [2.24, 2.45) is 5.92 Å². The minimum absolute atomic E-state index is 0.0736. The van der Waals surface area contributed by atoms with Crippen molar-refractivity contribution in [2.45, 2.75) is 19.2 Å². The number of benzene rings is 2. The lowest BCUT2D eigenvalue weighted by Gasteiger charge is -2.25. The number of nitrogens with zero attached hydrogens (tertiary/aromatic N) is 3. The standard InChI is InChI=1S/C24H27N3O3S/c1-16(2)13-26-22(28)15-31-24(26)19-14-27(18-8-6-5-7-9-18)25-23(19)17-10-11-20(29-3)21(12-17)30-4/h5-12,14,16,24H,13,15H2,1-4H3/t24-/m0/s1. The molecular formula is C24H27N3O3S. The van der Waals surface area contributed by atoms with Crippen LogP contribution < -0.4 is 9.47 Å². The topological polar surface area (TPSA) is 56.6 Å². The summed E-state index contributed by atoms with van der Waals surface area (Å²) in [4.78, 5) is 14.6. The Kier molecular flexibility index (Phi) is 6.23. The van der Waals surface area contributed by atoms with Gasteiger partial charge in [0.1, 0.15) is 5.37 Å². The zero-order valence-corrected chi connectivity index (χ0v) is 19.1. The summed E-state index contributed by atoms with van der Waals surface area (Å²) in [6, 6.07) is 15.8. The molecule has 1 aliphatic heterocycles. The molecule has 0 saturated carbocycles. The van der Waals surface area contributed by atoms with Crippen LogP contribution in [0.1, 0.15) is 24.8 Å². The zero-order valence-electron chi connectivity index (χ0n) is 18.2. The molecule has 4 rings (SSSR count). The van der Waals surface area contributed by atoms with Gasteiger partial charge in [0, 0.05) is 23.9 Å². The molecule has 0 N–H and O–H groups in total. The van der Waals surface area contributed by atoms with E-state index in [0.717, 1.165) is 29.1 Å². The second-order valence-corrected chi connectivity index (χ2v) is 8.95. The molecule has 1 amide bonds. The Morgan fingerprint density at radius 2 is 1.84 bits per heavy atom. The first-order valence-corrected chi connectivity index (χ1v) is 11.3. The number of para-hydroxylation sites is 1. The summed E-state index contributed by atoms with van der Waals surface area (Å²) in [7, 11) is 3.25. The number of carbonyl (C=O) groups excluding carboxylic acids is 1. The van der Waals surface area contributed by atoms with Crippen LogP contribution in [0, 0.1) is 5.92 Å². The first kappa shape index (κ1) is 21.3. The molecule has 1 atom stereocenters. The van der Waals surface area contributed by atoms with E-state index in [1.165, 1.54) is 0 Å². The molecule has 1 aromatic heterocycles. The molecule has 31 heavy (non-hydrogen) atoms. The molecule has 7 heteroatoms. The molecule has 2 aromatic carbocycles. The highest BCUT2D eigenvalue weighted by molar-refractivity contribution is 8.00. The van der Waals surface area contributed by atoms with Crippen molar-refractivity contribution in [3.63, 3.8) is 0 Å².